The summed E-state index contributed by atoms with van der Waals surface area (Å²) in [6.45, 7) is 11.7. The van der Waals surface area contributed by atoms with E-state index < -0.39 is 5.60 Å². The smallest absolute Gasteiger partial charge is 0.224 e. The minimum absolute atomic E-state index is 0.139. The number of halogens is 1. The van der Waals surface area contributed by atoms with Crippen molar-refractivity contribution in [3.8, 4) is 0 Å². The van der Waals surface area contributed by atoms with Gasteiger partial charge < -0.3 is 9.30 Å². The highest BCUT2D eigenvalue weighted by Gasteiger charge is 2.34. The topological polar surface area (TPSA) is 52.8 Å². The Balaban J connectivity index is 2.38. The number of nitrogens with zero attached hydrogens (tertiary/aromatic N) is 4. The van der Waals surface area contributed by atoms with E-state index in [1.165, 1.54) is 0 Å². The standard InChI is InChI=1S/C14H19ClN4O/c1-13(2,3)9-8-10(18-12(15)17-9)19-6-7-20-14(4,5)11(19)16-8/h6-7H2,1-5H3. The van der Waals surface area contributed by atoms with E-state index in [1.54, 1.807) is 0 Å². The molecule has 2 aromatic rings. The van der Waals surface area contributed by atoms with Crippen LogP contribution in [0.25, 0.3) is 11.2 Å². The predicted octanol–water partition coefficient (Wildman–Crippen LogP) is 3.04. The molecule has 0 unspecified atom stereocenters. The third-order valence-corrected chi connectivity index (χ3v) is 3.76. The summed E-state index contributed by atoms with van der Waals surface area (Å²) in [6, 6.07) is 0. The highest BCUT2D eigenvalue weighted by atomic mass is 35.5. The van der Waals surface area contributed by atoms with Gasteiger partial charge in [0, 0.05) is 12.0 Å². The molecule has 20 heavy (non-hydrogen) atoms. The number of aromatic nitrogens is 4. The first kappa shape index (κ1) is 13.8. The summed E-state index contributed by atoms with van der Waals surface area (Å²) in [5.41, 5.74) is 1.96. The van der Waals surface area contributed by atoms with Gasteiger partial charge in [0.25, 0.3) is 0 Å². The van der Waals surface area contributed by atoms with Crippen LogP contribution < -0.4 is 0 Å². The number of rotatable bonds is 0. The maximum Gasteiger partial charge on any atom is 0.224 e. The molecule has 0 fully saturated rings. The molecule has 0 bridgehead atoms. The molecule has 0 saturated heterocycles. The van der Waals surface area contributed by atoms with Gasteiger partial charge in [0.2, 0.25) is 5.28 Å². The molecule has 6 heteroatoms. The molecule has 0 N–H and O–H groups in total. The van der Waals surface area contributed by atoms with Gasteiger partial charge in [-0.3, -0.25) is 0 Å². The van der Waals surface area contributed by atoms with Crippen LogP contribution in [0, 0.1) is 0 Å². The van der Waals surface area contributed by atoms with Gasteiger partial charge >= 0.3 is 0 Å². The van der Waals surface area contributed by atoms with Crippen LogP contribution in [0.3, 0.4) is 0 Å². The van der Waals surface area contributed by atoms with Gasteiger partial charge in [-0.25, -0.2) is 9.97 Å². The summed E-state index contributed by atoms with van der Waals surface area (Å²) < 4.78 is 7.91. The molecule has 0 aliphatic carbocycles. The molecule has 0 amide bonds. The first-order chi connectivity index (χ1) is 9.20. The molecule has 0 saturated carbocycles. The predicted molar refractivity (Wildman–Crippen MR) is 78.0 cm³/mol. The molecule has 108 valence electrons. The zero-order chi connectivity index (χ0) is 14.7. The van der Waals surface area contributed by atoms with Crippen LogP contribution in [0.15, 0.2) is 0 Å². The normalized spacial score (nSPS) is 18.3. The van der Waals surface area contributed by atoms with Crippen LogP contribution in [-0.2, 0) is 22.3 Å². The van der Waals surface area contributed by atoms with E-state index in [0.29, 0.717) is 6.61 Å². The Hall–Kier alpha value is -1.20. The summed E-state index contributed by atoms with van der Waals surface area (Å²) in [6.07, 6.45) is 0. The number of ether oxygens (including phenoxy) is 1. The van der Waals surface area contributed by atoms with E-state index in [0.717, 1.165) is 29.2 Å². The fourth-order valence-corrected chi connectivity index (χ4v) is 2.79. The third-order valence-electron chi connectivity index (χ3n) is 3.59. The summed E-state index contributed by atoms with van der Waals surface area (Å²) in [5.74, 6) is 0.890. The van der Waals surface area contributed by atoms with Gasteiger partial charge in [-0.2, -0.15) is 4.98 Å². The SMILES string of the molecule is CC(C)(C)c1nc(Cl)nc2c1nc1n2CCOC1(C)C. The average Bonchev–Trinajstić information content (AvgIpc) is 2.67. The largest absolute Gasteiger partial charge is 0.366 e. The number of fused-ring (bicyclic) bond motifs is 3. The molecule has 3 rings (SSSR count). The lowest BCUT2D eigenvalue weighted by molar-refractivity contribution is -0.0530. The van der Waals surface area contributed by atoms with Crippen LogP contribution in [0.1, 0.15) is 46.1 Å². The molecule has 3 heterocycles. The third kappa shape index (κ3) is 2.00. The molecule has 0 radical (unpaired) electrons. The van der Waals surface area contributed by atoms with E-state index in [9.17, 15) is 0 Å². The zero-order valence-corrected chi connectivity index (χ0v) is 13.2. The second kappa shape index (κ2) is 4.15. The maximum absolute atomic E-state index is 6.11. The van der Waals surface area contributed by atoms with Crippen LogP contribution in [-0.4, -0.2) is 26.1 Å². The van der Waals surface area contributed by atoms with Crippen molar-refractivity contribution < 1.29 is 4.74 Å². The molecule has 2 aromatic heterocycles. The van der Waals surface area contributed by atoms with Crippen molar-refractivity contribution in [3.05, 3.63) is 16.8 Å². The second-order valence-electron chi connectivity index (χ2n) is 6.71. The fraction of sp³-hybridized carbons (Fsp3) is 0.643. The van der Waals surface area contributed by atoms with Crippen molar-refractivity contribution >= 4 is 22.8 Å². The Morgan fingerprint density at radius 2 is 1.90 bits per heavy atom. The summed E-state index contributed by atoms with van der Waals surface area (Å²) in [7, 11) is 0. The van der Waals surface area contributed by atoms with Crippen molar-refractivity contribution in [2.45, 2.75) is 52.2 Å². The quantitative estimate of drug-likeness (QED) is 0.701. The van der Waals surface area contributed by atoms with E-state index in [-0.39, 0.29) is 10.7 Å². The Bertz CT molecular complexity index is 685. The monoisotopic (exact) mass is 294 g/mol. The number of hydrogen-bond donors (Lipinski definition) is 0. The van der Waals surface area contributed by atoms with Crippen LogP contribution >= 0.6 is 11.6 Å². The molecule has 1 aliphatic rings. The first-order valence-electron chi connectivity index (χ1n) is 6.79. The Morgan fingerprint density at radius 3 is 2.55 bits per heavy atom. The first-order valence-corrected chi connectivity index (χ1v) is 7.16. The van der Waals surface area contributed by atoms with Gasteiger partial charge in [-0.05, 0) is 25.4 Å². The summed E-state index contributed by atoms with van der Waals surface area (Å²) in [4.78, 5) is 13.6. The van der Waals surface area contributed by atoms with E-state index in [4.69, 9.17) is 21.3 Å². The lowest BCUT2D eigenvalue weighted by Gasteiger charge is -2.30. The molecule has 5 nitrogen and oxygen atoms in total. The van der Waals surface area contributed by atoms with Crippen molar-refractivity contribution in [1.82, 2.24) is 19.5 Å². The van der Waals surface area contributed by atoms with Crippen LogP contribution in [0.5, 0.6) is 0 Å². The maximum atomic E-state index is 6.11. The van der Waals surface area contributed by atoms with E-state index in [1.807, 2.05) is 13.8 Å². The fourth-order valence-electron chi connectivity index (χ4n) is 2.63. The van der Waals surface area contributed by atoms with Crippen molar-refractivity contribution in [2.24, 2.45) is 0 Å². The minimum Gasteiger partial charge on any atom is -0.366 e. The van der Waals surface area contributed by atoms with Gasteiger partial charge in [0.1, 0.15) is 16.9 Å². The van der Waals surface area contributed by atoms with Crippen LogP contribution in [0.2, 0.25) is 5.28 Å². The van der Waals surface area contributed by atoms with Gasteiger partial charge in [0.05, 0.1) is 12.3 Å². The molecule has 0 atom stereocenters. The lowest BCUT2D eigenvalue weighted by Crippen LogP contribution is -2.33. The average molecular weight is 295 g/mol. The molecule has 0 aromatic carbocycles. The van der Waals surface area contributed by atoms with Gasteiger partial charge in [-0.1, -0.05) is 20.8 Å². The number of hydrogen-bond acceptors (Lipinski definition) is 4. The molecular weight excluding hydrogens is 276 g/mol. The number of imidazole rings is 1. The van der Waals surface area contributed by atoms with E-state index >= 15 is 0 Å². The van der Waals surface area contributed by atoms with Crippen molar-refractivity contribution in [1.29, 1.82) is 0 Å². The van der Waals surface area contributed by atoms with Crippen molar-refractivity contribution in [2.75, 3.05) is 6.61 Å². The molecular formula is C14H19ClN4O. The Labute approximate surface area is 123 Å². The van der Waals surface area contributed by atoms with E-state index in [2.05, 4.69) is 35.3 Å². The molecule has 1 aliphatic heterocycles. The van der Waals surface area contributed by atoms with Gasteiger partial charge in [0.15, 0.2) is 5.65 Å². The zero-order valence-electron chi connectivity index (χ0n) is 12.5. The Kier molecular flexibility index (Phi) is 2.86. The lowest BCUT2D eigenvalue weighted by atomic mass is 9.91. The van der Waals surface area contributed by atoms with Crippen LogP contribution in [0.4, 0.5) is 0 Å². The van der Waals surface area contributed by atoms with Crippen molar-refractivity contribution in [3.63, 3.8) is 0 Å². The summed E-state index contributed by atoms with van der Waals surface area (Å²) >= 11 is 6.11. The molecule has 0 spiro atoms. The Morgan fingerprint density at radius 1 is 1.20 bits per heavy atom. The summed E-state index contributed by atoms with van der Waals surface area (Å²) in [5, 5.41) is 0.273. The second-order valence-corrected chi connectivity index (χ2v) is 7.05. The highest BCUT2D eigenvalue weighted by Crippen LogP contribution is 2.34. The van der Waals surface area contributed by atoms with Gasteiger partial charge in [-0.15, -0.1) is 0 Å². The minimum atomic E-state index is -0.416. The highest BCUT2D eigenvalue weighted by molar-refractivity contribution is 6.28.